The molecule has 1 aliphatic heterocycles. The van der Waals surface area contributed by atoms with Crippen molar-refractivity contribution >= 4 is 40.3 Å². The summed E-state index contributed by atoms with van der Waals surface area (Å²) in [4.78, 5) is 46.1. The van der Waals surface area contributed by atoms with Crippen molar-refractivity contribution in [2.24, 2.45) is 7.05 Å². The Bertz CT molecular complexity index is 1740. The molecule has 0 aliphatic carbocycles. The molecule has 42 heavy (non-hydrogen) atoms. The van der Waals surface area contributed by atoms with Crippen LogP contribution < -0.4 is 26.4 Å². The molecule has 1 atom stereocenters. The Morgan fingerprint density at radius 2 is 1.79 bits per heavy atom. The number of hydrogen-bond donors (Lipinski definition) is 3. The summed E-state index contributed by atoms with van der Waals surface area (Å²) in [5.41, 5.74) is 2.99. The smallest absolute Gasteiger partial charge is 0.293 e. The van der Waals surface area contributed by atoms with Gasteiger partial charge in [-0.25, -0.2) is 9.37 Å². The number of nitrogens with zero attached hydrogens (tertiary/aromatic N) is 3. The van der Waals surface area contributed by atoms with Gasteiger partial charge in [-0.3, -0.25) is 14.4 Å². The zero-order chi connectivity index (χ0) is 30.3. The van der Waals surface area contributed by atoms with Crippen LogP contribution >= 0.6 is 11.3 Å². The van der Waals surface area contributed by atoms with Crippen molar-refractivity contribution in [2.75, 3.05) is 24.3 Å². The minimum atomic E-state index is -0.516. The maximum atomic E-state index is 15.1. The molecule has 1 unspecified atom stereocenters. The van der Waals surface area contributed by atoms with E-state index in [-0.39, 0.29) is 34.3 Å². The van der Waals surface area contributed by atoms with Crippen LogP contribution in [0, 0.1) is 5.82 Å². The fourth-order valence-electron chi connectivity index (χ4n) is 4.85. The van der Waals surface area contributed by atoms with Gasteiger partial charge in [-0.05, 0) is 60.0 Å². The zero-order valence-electron chi connectivity index (χ0n) is 24.3. The van der Waals surface area contributed by atoms with Gasteiger partial charge in [0, 0.05) is 36.4 Å². The number of thiophene rings is 1. The number of carbonyl (C=O) groups is 2. The summed E-state index contributed by atoms with van der Waals surface area (Å²) in [6.45, 7) is 6.60. The number of aryl methyl sites for hydroxylation is 1. The summed E-state index contributed by atoms with van der Waals surface area (Å²) in [7, 11) is 4.89. The number of anilines is 3. The van der Waals surface area contributed by atoms with Gasteiger partial charge >= 0.3 is 0 Å². The number of fused-ring (bicyclic) bond motifs is 1. The largest absolute Gasteiger partial charge is 0.358 e. The fourth-order valence-corrected chi connectivity index (χ4v) is 6.03. The van der Waals surface area contributed by atoms with Gasteiger partial charge in [0.1, 0.15) is 11.9 Å². The summed E-state index contributed by atoms with van der Waals surface area (Å²) in [5.74, 6) is -0.823. The molecule has 1 aliphatic rings. The predicted octanol–water partition coefficient (Wildman–Crippen LogP) is 4.86. The maximum absolute atomic E-state index is 15.1. The standard InChI is InChI=1S/C31H33FN6O3S/c1-31(2,3)24-14-19-15-38(29(40)26(19)42-24)23-13-18(9-12-21(23)32)22-16-37(6)30(41)27(36-22)35-20-10-7-17(8-11-20)25(33-4)28(39)34-5/h7-14,16,25,33H,15H2,1-6H3,(H,34,39)(H,35,36). The molecule has 0 saturated heterocycles. The molecule has 5 rings (SSSR count). The summed E-state index contributed by atoms with van der Waals surface area (Å²) >= 11 is 1.46. The average molecular weight is 589 g/mol. The molecule has 218 valence electrons. The van der Waals surface area contributed by atoms with E-state index in [1.54, 1.807) is 63.7 Å². The van der Waals surface area contributed by atoms with Crippen LogP contribution in [0.4, 0.5) is 21.6 Å². The predicted molar refractivity (Wildman–Crippen MR) is 164 cm³/mol. The molecule has 0 fully saturated rings. The Kier molecular flexibility index (Phi) is 7.74. The number of aromatic nitrogens is 2. The molecule has 0 bridgehead atoms. The van der Waals surface area contributed by atoms with Crippen LogP contribution in [0.25, 0.3) is 11.3 Å². The van der Waals surface area contributed by atoms with Crippen molar-refractivity contribution in [1.82, 2.24) is 20.2 Å². The molecule has 3 N–H and O–H groups in total. The van der Waals surface area contributed by atoms with Crippen molar-refractivity contribution in [3.05, 3.63) is 91.8 Å². The van der Waals surface area contributed by atoms with E-state index >= 15 is 4.39 Å². The third-order valence-corrected chi connectivity index (χ3v) is 8.81. The summed E-state index contributed by atoms with van der Waals surface area (Å²) in [6.07, 6.45) is 1.58. The van der Waals surface area contributed by atoms with Gasteiger partial charge in [0.05, 0.1) is 22.8 Å². The van der Waals surface area contributed by atoms with Crippen LogP contribution in [-0.2, 0) is 23.8 Å². The van der Waals surface area contributed by atoms with Crippen molar-refractivity contribution in [3.63, 3.8) is 0 Å². The van der Waals surface area contributed by atoms with Crippen LogP contribution in [0.5, 0.6) is 0 Å². The Hall–Kier alpha value is -4.35. The van der Waals surface area contributed by atoms with Crippen molar-refractivity contribution in [1.29, 1.82) is 0 Å². The molecule has 2 aromatic heterocycles. The van der Waals surface area contributed by atoms with Crippen LogP contribution in [0.1, 0.15) is 52.5 Å². The molecule has 0 saturated carbocycles. The quantitative estimate of drug-likeness (QED) is 0.285. The Morgan fingerprint density at radius 1 is 1.07 bits per heavy atom. The summed E-state index contributed by atoms with van der Waals surface area (Å²) in [5, 5.41) is 8.66. The molecule has 2 aromatic carbocycles. The van der Waals surface area contributed by atoms with Crippen LogP contribution in [-0.4, -0.2) is 35.5 Å². The number of benzene rings is 2. The van der Waals surface area contributed by atoms with Crippen LogP contribution in [0.3, 0.4) is 0 Å². The molecule has 4 aromatic rings. The Labute approximate surface area is 247 Å². The molecule has 0 radical (unpaired) electrons. The minimum absolute atomic E-state index is 0.0747. The normalized spacial score (nSPS) is 13.7. The van der Waals surface area contributed by atoms with E-state index in [0.717, 1.165) is 16.0 Å². The first-order chi connectivity index (χ1) is 19.9. The number of amides is 2. The Balaban J connectivity index is 1.43. The number of carbonyl (C=O) groups excluding carboxylic acids is 2. The second-order valence-electron chi connectivity index (χ2n) is 11.2. The lowest BCUT2D eigenvalue weighted by Crippen LogP contribution is -2.33. The highest BCUT2D eigenvalue weighted by Crippen LogP contribution is 2.40. The van der Waals surface area contributed by atoms with Gasteiger partial charge < -0.3 is 25.4 Å². The summed E-state index contributed by atoms with van der Waals surface area (Å²) < 4.78 is 16.5. The molecule has 3 heterocycles. The van der Waals surface area contributed by atoms with E-state index in [1.807, 2.05) is 6.07 Å². The number of halogens is 1. The van der Waals surface area contributed by atoms with Crippen LogP contribution in [0.15, 0.2) is 59.5 Å². The highest BCUT2D eigenvalue weighted by Gasteiger charge is 2.34. The van der Waals surface area contributed by atoms with Gasteiger partial charge in [-0.15, -0.1) is 11.3 Å². The SMILES string of the molecule is CNC(=O)C(NC)c1ccc(Nc2nc(-c3ccc(F)c(N4Cc5cc(C(C)(C)C)sc5C4=O)c3)cn(C)c2=O)cc1. The monoisotopic (exact) mass is 588 g/mol. The van der Waals surface area contributed by atoms with Crippen LogP contribution in [0.2, 0.25) is 0 Å². The first-order valence-corrected chi connectivity index (χ1v) is 14.3. The van der Waals surface area contributed by atoms with E-state index in [1.165, 1.54) is 26.9 Å². The zero-order valence-corrected chi connectivity index (χ0v) is 25.1. The lowest BCUT2D eigenvalue weighted by molar-refractivity contribution is -0.122. The number of likely N-dealkylation sites (N-methyl/N-ethyl adjacent to an activating group) is 2. The second kappa shape index (κ2) is 11.1. The van der Waals surface area contributed by atoms with Gasteiger partial charge in [0.2, 0.25) is 5.91 Å². The first-order valence-electron chi connectivity index (χ1n) is 13.5. The Morgan fingerprint density at radius 3 is 2.40 bits per heavy atom. The third kappa shape index (κ3) is 5.45. The molecule has 2 amide bonds. The topological polar surface area (TPSA) is 108 Å². The molecule has 9 nitrogen and oxygen atoms in total. The van der Waals surface area contributed by atoms with E-state index in [0.29, 0.717) is 28.4 Å². The molecular weight excluding hydrogens is 555 g/mol. The highest BCUT2D eigenvalue weighted by atomic mass is 32.1. The average Bonchev–Trinajstić information content (AvgIpc) is 3.52. The summed E-state index contributed by atoms with van der Waals surface area (Å²) in [6, 6.07) is 13.1. The lowest BCUT2D eigenvalue weighted by atomic mass is 9.94. The number of hydrogen-bond acceptors (Lipinski definition) is 7. The molecular formula is C31H33FN6O3S. The van der Waals surface area contributed by atoms with E-state index < -0.39 is 11.9 Å². The van der Waals surface area contributed by atoms with Crippen molar-refractivity contribution < 1.29 is 14.0 Å². The van der Waals surface area contributed by atoms with Crippen molar-refractivity contribution in [2.45, 2.75) is 38.8 Å². The van der Waals surface area contributed by atoms with Gasteiger partial charge in [0.25, 0.3) is 11.5 Å². The third-order valence-electron chi connectivity index (χ3n) is 7.22. The van der Waals surface area contributed by atoms with Crippen molar-refractivity contribution in [3.8, 4) is 11.3 Å². The van der Waals surface area contributed by atoms with Gasteiger partial charge in [0.15, 0.2) is 5.82 Å². The first kappa shape index (κ1) is 29.2. The lowest BCUT2D eigenvalue weighted by Gasteiger charge is -2.20. The van der Waals surface area contributed by atoms with Gasteiger partial charge in [-0.1, -0.05) is 32.9 Å². The molecule has 0 spiro atoms. The number of nitrogens with one attached hydrogen (secondary N) is 3. The molecule has 11 heteroatoms. The highest BCUT2D eigenvalue weighted by molar-refractivity contribution is 7.14. The van der Waals surface area contributed by atoms with E-state index in [4.69, 9.17) is 0 Å². The number of rotatable bonds is 7. The van der Waals surface area contributed by atoms with E-state index in [9.17, 15) is 14.4 Å². The fraction of sp³-hybridized carbons (Fsp3) is 0.290. The second-order valence-corrected chi connectivity index (χ2v) is 12.3. The van der Waals surface area contributed by atoms with E-state index in [2.05, 4.69) is 41.7 Å². The minimum Gasteiger partial charge on any atom is -0.358 e. The maximum Gasteiger partial charge on any atom is 0.293 e. The van der Waals surface area contributed by atoms with Gasteiger partial charge in [-0.2, -0.15) is 0 Å².